The van der Waals surface area contributed by atoms with Crippen molar-refractivity contribution in [3.63, 3.8) is 0 Å². The van der Waals surface area contributed by atoms with Crippen LogP contribution in [0.1, 0.15) is 10.4 Å². The third kappa shape index (κ3) is 3.48. The highest BCUT2D eigenvalue weighted by Gasteiger charge is 2.14. The van der Waals surface area contributed by atoms with Gasteiger partial charge in [-0.2, -0.15) is 0 Å². The smallest absolute Gasteiger partial charge is 0.256 e. The lowest BCUT2D eigenvalue weighted by molar-refractivity contribution is 0.102. The van der Waals surface area contributed by atoms with Crippen LogP contribution in [0.25, 0.3) is 22.3 Å². The summed E-state index contributed by atoms with van der Waals surface area (Å²) < 4.78 is 0. The number of pyridine rings is 2. The average Bonchev–Trinajstić information content (AvgIpc) is 2.74. The van der Waals surface area contributed by atoms with E-state index in [0.717, 1.165) is 28.0 Å². The topological polar surface area (TPSA) is 66.9 Å². The van der Waals surface area contributed by atoms with E-state index in [4.69, 9.17) is 0 Å². The van der Waals surface area contributed by atoms with Crippen molar-refractivity contribution in [3.8, 4) is 11.4 Å². The van der Waals surface area contributed by atoms with Gasteiger partial charge in [0.05, 0.1) is 22.5 Å². The standard InChI is InChI=1S/C22H18N4O/c1-23-15-9-11-16(12-10-15)25-22(27)18-14-21(20-8-4-5-13-24-20)26-19-7-3-2-6-17(18)19/h2-14,23H,1H3,(H,25,27). The van der Waals surface area contributed by atoms with Gasteiger partial charge in [-0.3, -0.25) is 9.78 Å². The molecule has 0 radical (unpaired) electrons. The molecule has 2 aromatic heterocycles. The largest absolute Gasteiger partial charge is 0.388 e. The molecule has 2 heterocycles. The zero-order valence-electron chi connectivity index (χ0n) is 14.8. The van der Waals surface area contributed by atoms with Crippen molar-refractivity contribution in [3.05, 3.63) is 84.6 Å². The van der Waals surface area contributed by atoms with Gasteiger partial charge < -0.3 is 10.6 Å². The van der Waals surface area contributed by atoms with Crippen molar-refractivity contribution < 1.29 is 4.79 Å². The summed E-state index contributed by atoms with van der Waals surface area (Å²) in [6.07, 6.45) is 1.72. The molecule has 4 aromatic rings. The SMILES string of the molecule is CNc1ccc(NC(=O)c2cc(-c3ccccn3)nc3ccccc23)cc1. The summed E-state index contributed by atoms with van der Waals surface area (Å²) >= 11 is 0. The fourth-order valence-corrected chi connectivity index (χ4v) is 2.93. The molecule has 0 aliphatic carbocycles. The first-order valence-corrected chi connectivity index (χ1v) is 8.65. The number of fused-ring (bicyclic) bond motifs is 1. The number of hydrogen-bond acceptors (Lipinski definition) is 4. The van der Waals surface area contributed by atoms with E-state index in [2.05, 4.69) is 20.6 Å². The monoisotopic (exact) mass is 354 g/mol. The molecular weight excluding hydrogens is 336 g/mol. The van der Waals surface area contributed by atoms with Crippen molar-refractivity contribution in [2.24, 2.45) is 0 Å². The van der Waals surface area contributed by atoms with Crippen molar-refractivity contribution in [1.82, 2.24) is 9.97 Å². The quantitative estimate of drug-likeness (QED) is 0.562. The minimum atomic E-state index is -0.178. The molecule has 0 atom stereocenters. The lowest BCUT2D eigenvalue weighted by Gasteiger charge is -2.11. The van der Waals surface area contributed by atoms with E-state index >= 15 is 0 Å². The van der Waals surface area contributed by atoms with Crippen LogP contribution >= 0.6 is 0 Å². The summed E-state index contributed by atoms with van der Waals surface area (Å²) in [5, 5.41) is 6.83. The number of carbonyl (C=O) groups excluding carboxylic acids is 1. The van der Waals surface area contributed by atoms with E-state index in [1.165, 1.54) is 0 Å². The van der Waals surface area contributed by atoms with E-state index in [1.54, 1.807) is 12.3 Å². The molecule has 0 aliphatic rings. The Morgan fingerprint density at radius 3 is 2.33 bits per heavy atom. The van der Waals surface area contributed by atoms with Gasteiger partial charge in [-0.15, -0.1) is 0 Å². The Labute approximate surface area is 157 Å². The Bertz CT molecular complexity index is 1090. The maximum Gasteiger partial charge on any atom is 0.256 e. The Kier molecular flexibility index (Phi) is 4.49. The summed E-state index contributed by atoms with van der Waals surface area (Å²) in [7, 11) is 1.86. The van der Waals surface area contributed by atoms with Gasteiger partial charge in [-0.25, -0.2) is 4.98 Å². The minimum Gasteiger partial charge on any atom is -0.388 e. The molecule has 1 amide bonds. The van der Waals surface area contributed by atoms with E-state index in [-0.39, 0.29) is 5.91 Å². The van der Waals surface area contributed by atoms with Crippen LogP contribution in [0.4, 0.5) is 11.4 Å². The van der Waals surface area contributed by atoms with Crippen LogP contribution in [-0.4, -0.2) is 22.9 Å². The number of nitrogens with zero attached hydrogens (tertiary/aromatic N) is 2. The zero-order chi connectivity index (χ0) is 18.6. The van der Waals surface area contributed by atoms with Crippen molar-refractivity contribution in [1.29, 1.82) is 0 Å². The van der Waals surface area contributed by atoms with Crippen LogP contribution in [0.2, 0.25) is 0 Å². The van der Waals surface area contributed by atoms with Gasteiger partial charge in [0.25, 0.3) is 5.91 Å². The third-order valence-electron chi connectivity index (χ3n) is 4.32. The highest BCUT2D eigenvalue weighted by molar-refractivity contribution is 6.13. The molecule has 27 heavy (non-hydrogen) atoms. The fourth-order valence-electron chi connectivity index (χ4n) is 2.93. The molecule has 0 saturated heterocycles. The second-order valence-electron chi connectivity index (χ2n) is 6.07. The molecule has 5 heteroatoms. The third-order valence-corrected chi connectivity index (χ3v) is 4.32. The predicted octanol–water partition coefficient (Wildman–Crippen LogP) is 4.59. The number of aromatic nitrogens is 2. The van der Waals surface area contributed by atoms with Crippen LogP contribution < -0.4 is 10.6 Å². The van der Waals surface area contributed by atoms with Gasteiger partial charge in [0.15, 0.2) is 0 Å². The molecule has 0 bridgehead atoms. The molecule has 0 saturated carbocycles. The van der Waals surface area contributed by atoms with Crippen molar-refractivity contribution in [2.45, 2.75) is 0 Å². The molecule has 2 aromatic carbocycles. The lowest BCUT2D eigenvalue weighted by Crippen LogP contribution is -2.13. The maximum absolute atomic E-state index is 13.0. The first-order valence-electron chi connectivity index (χ1n) is 8.65. The molecule has 0 spiro atoms. The van der Waals surface area contributed by atoms with Crippen LogP contribution in [-0.2, 0) is 0 Å². The average molecular weight is 354 g/mol. The number of nitrogens with one attached hydrogen (secondary N) is 2. The van der Waals surface area contributed by atoms with Crippen molar-refractivity contribution in [2.75, 3.05) is 17.7 Å². The minimum absolute atomic E-state index is 0.178. The number of amides is 1. The Balaban J connectivity index is 1.75. The van der Waals surface area contributed by atoms with E-state index < -0.39 is 0 Å². The fraction of sp³-hybridized carbons (Fsp3) is 0.0455. The second-order valence-corrected chi connectivity index (χ2v) is 6.07. The summed E-state index contributed by atoms with van der Waals surface area (Å²) in [6.45, 7) is 0. The van der Waals surface area contributed by atoms with Gasteiger partial charge in [-0.05, 0) is 48.5 Å². The van der Waals surface area contributed by atoms with Gasteiger partial charge in [-0.1, -0.05) is 24.3 Å². The molecule has 2 N–H and O–H groups in total. The van der Waals surface area contributed by atoms with Gasteiger partial charge in [0.1, 0.15) is 0 Å². The number of benzene rings is 2. The highest BCUT2D eigenvalue weighted by Crippen LogP contribution is 2.24. The molecule has 0 unspecified atom stereocenters. The van der Waals surface area contributed by atoms with Gasteiger partial charge >= 0.3 is 0 Å². The number of anilines is 2. The molecular formula is C22H18N4O. The summed E-state index contributed by atoms with van der Waals surface area (Å²) in [5.74, 6) is -0.178. The summed E-state index contributed by atoms with van der Waals surface area (Å²) in [4.78, 5) is 22.0. The van der Waals surface area contributed by atoms with Gasteiger partial charge in [0, 0.05) is 30.0 Å². The first kappa shape index (κ1) is 16.7. The normalized spacial score (nSPS) is 10.6. The number of rotatable bonds is 4. The molecule has 0 fully saturated rings. The zero-order valence-corrected chi connectivity index (χ0v) is 14.8. The number of carbonyl (C=O) groups is 1. The molecule has 5 nitrogen and oxygen atoms in total. The Morgan fingerprint density at radius 1 is 0.852 bits per heavy atom. The summed E-state index contributed by atoms with van der Waals surface area (Å²) in [5.41, 5.74) is 4.45. The first-order chi connectivity index (χ1) is 13.2. The number of hydrogen-bond donors (Lipinski definition) is 2. The van der Waals surface area contributed by atoms with Crippen LogP contribution in [0.3, 0.4) is 0 Å². The van der Waals surface area contributed by atoms with Crippen LogP contribution in [0, 0.1) is 0 Å². The second kappa shape index (κ2) is 7.25. The Morgan fingerprint density at radius 2 is 1.59 bits per heavy atom. The van der Waals surface area contributed by atoms with Crippen LogP contribution in [0.5, 0.6) is 0 Å². The maximum atomic E-state index is 13.0. The number of para-hydroxylation sites is 1. The van der Waals surface area contributed by atoms with E-state index in [9.17, 15) is 4.79 Å². The van der Waals surface area contributed by atoms with E-state index in [1.807, 2.05) is 73.8 Å². The summed E-state index contributed by atoms with van der Waals surface area (Å²) in [6, 6.07) is 22.6. The van der Waals surface area contributed by atoms with Gasteiger partial charge in [0.2, 0.25) is 0 Å². The predicted molar refractivity (Wildman–Crippen MR) is 109 cm³/mol. The van der Waals surface area contributed by atoms with Crippen LogP contribution in [0.15, 0.2) is 79.0 Å². The molecule has 132 valence electrons. The molecule has 4 rings (SSSR count). The van der Waals surface area contributed by atoms with Crippen molar-refractivity contribution >= 4 is 28.2 Å². The Hall–Kier alpha value is -3.73. The van der Waals surface area contributed by atoms with E-state index in [0.29, 0.717) is 11.3 Å². The highest BCUT2D eigenvalue weighted by atomic mass is 16.1. The lowest BCUT2D eigenvalue weighted by atomic mass is 10.1. The molecule has 0 aliphatic heterocycles.